The first-order valence-corrected chi connectivity index (χ1v) is 7.75. The summed E-state index contributed by atoms with van der Waals surface area (Å²) < 4.78 is 49.9. The molecule has 0 radical (unpaired) electrons. The van der Waals surface area contributed by atoms with E-state index in [1.165, 1.54) is 12.1 Å². The van der Waals surface area contributed by atoms with E-state index in [0.717, 1.165) is 6.07 Å². The summed E-state index contributed by atoms with van der Waals surface area (Å²) in [4.78, 5) is -0.295. The monoisotopic (exact) mass is 324 g/mol. The Balaban J connectivity index is 2.90. The van der Waals surface area contributed by atoms with E-state index in [1.807, 2.05) is 0 Å². The summed E-state index contributed by atoms with van der Waals surface area (Å²) in [6.07, 6.45) is -4.53. The largest absolute Gasteiger partial charge is 0.417 e. The molecule has 0 fully saturated rings. The van der Waals surface area contributed by atoms with E-state index in [1.54, 1.807) is 6.92 Å². The normalized spacial score (nSPS) is 13.0. The summed E-state index contributed by atoms with van der Waals surface area (Å²) in [5, 5.41) is 2.81. The minimum Gasteiger partial charge on any atom is -0.389 e. The molecule has 8 heteroatoms. The van der Waals surface area contributed by atoms with Crippen LogP contribution in [-0.4, -0.2) is 27.2 Å². The Bertz CT molecular complexity index is 518. The molecule has 0 bridgehead atoms. The fourth-order valence-electron chi connectivity index (χ4n) is 1.56. The first kappa shape index (κ1) is 16.9. The number of nitrogens with two attached hydrogens (primary N) is 1. The van der Waals surface area contributed by atoms with Crippen molar-refractivity contribution in [2.75, 3.05) is 23.4 Å². The fraction of sp³-hybridized carbons (Fsp3) is 0.417. The molecule has 3 N–H and O–H groups in total. The number of hydrogen-bond donors (Lipinski definition) is 2. The second-order valence-corrected chi connectivity index (χ2v) is 6.29. The number of nitrogens with one attached hydrogen (secondary N) is 1. The maximum atomic E-state index is 12.9. The highest BCUT2D eigenvalue weighted by Crippen LogP contribution is 2.33. The van der Waals surface area contributed by atoms with Gasteiger partial charge < -0.3 is 11.1 Å². The summed E-state index contributed by atoms with van der Waals surface area (Å²) in [5.74, 6) is 0.908. The predicted octanol–water partition coefficient (Wildman–Crippen LogP) is 2.52. The molecule has 0 aliphatic rings. The van der Waals surface area contributed by atoms with Crippen molar-refractivity contribution in [2.45, 2.75) is 13.1 Å². The van der Waals surface area contributed by atoms with Gasteiger partial charge in [-0.2, -0.15) is 13.2 Å². The van der Waals surface area contributed by atoms with Gasteiger partial charge >= 0.3 is 6.18 Å². The van der Waals surface area contributed by atoms with Crippen molar-refractivity contribution < 1.29 is 17.4 Å². The zero-order chi connectivity index (χ0) is 15.3. The summed E-state index contributed by atoms with van der Waals surface area (Å²) in [5.41, 5.74) is 4.52. The number of alkyl halides is 3. The molecule has 20 heavy (non-hydrogen) atoms. The van der Waals surface area contributed by atoms with Crippen molar-refractivity contribution in [2.24, 2.45) is 5.73 Å². The summed E-state index contributed by atoms with van der Waals surface area (Å²) >= 11 is 4.62. The van der Waals surface area contributed by atoms with Crippen LogP contribution in [0.3, 0.4) is 0 Å². The van der Waals surface area contributed by atoms with Crippen LogP contribution in [0.5, 0.6) is 0 Å². The van der Waals surface area contributed by atoms with Gasteiger partial charge in [-0.25, -0.2) is 0 Å². The van der Waals surface area contributed by atoms with Gasteiger partial charge in [-0.1, -0.05) is 19.1 Å². The Labute approximate surface area is 123 Å². The quantitative estimate of drug-likeness (QED) is 0.790. The Kier molecular flexibility index (Phi) is 5.94. The Morgan fingerprint density at radius 2 is 2.10 bits per heavy atom. The zero-order valence-corrected chi connectivity index (χ0v) is 12.4. The van der Waals surface area contributed by atoms with E-state index in [-0.39, 0.29) is 10.6 Å². The van der Waals surface area contributed by atoms with Crippen LogP contribution in [0.4, 0.5) is 18.9 Å². The van der Waals surface area contributed by atoms with E-state index in [9.17, 15) is 17.4 Å². The number of thiocarbonyl (C=S) groups is 1. The minimum absolute atomic E-state index is 0.199. The summed E-state index contributed by atoms with van der Waals surface area (Å²) in [7, 11) is -0.960. The van der Waals surface area contributed by atoms with Gasteiger partial charge in [0.05, 0.1) is 5.56 Å². The third-order valence-electron chi connectivity index (χ3n) is 2.57. The molecule has 1 rings (SSSR count). The fourth-order valence-corrected chi connectivity index (χ4v) is 2.35. The summed E-state index contributed by atoms with van der Waals surface area (Å²) in [6, 6.07) is 3.67. The van der Waals surface area contributed by atoms with Crippen LogP contribution in [0, 0.1) is 0 Å². The van der Waals surface area contributed by atoms with Gasteiger partial charge in [-0.3, -0.25) is 4.21 Å². The lowest BCUT2D eigenvalue weighted by molar-refractivity contribution is -0.137. The van der Waals surface area contributed by atoms with Crippen molar-refractivity contribution in [3.05, 3.63) is 29.3 Å². The van der Waals surface area contributed by atoms with Crippen molar-refractivity contribution >= 4 is 33.7 Å². The molecule has 112 valence electrons. The van der Waals surface area contributed by atoms with Crippen molar-refractivity contribution in [3.63, 3.8) is 0 Å². The van der Waals surface area contributed by atoms with E-state index >= 15 is 0 Å². The molecule has 0 spiro atoms. The molecule has 0 saturated carbocycles. The lowest BCUT2D eigenvalue weighted by Gasteiger charge is -2.14. The molecular formula is C12H15F3N2OS2. The molecule has 1 unspecified atom stereocenters. The predicted molar refractivity (Wildman–Crippen MR) is 79.4 cm³/mol. The van der Waals surface area contributed by atoms with Crippen molar-refractivity contribution in [1.82, 2.24) is 0 Å². The lowest BCUT2D eigenvalue weighted by atomic mass is 10.1. The number of halogens is 3. The molecule has 0 aliphatic carbocycles. The van der Waals surface area contributed by atoms with Gasteiger partial charge in [0.15, 0.2) is 0 Å². The first-order valence-electron chi connectivity index (χ1n) is 5.85. The molecule has 1 atom stereocenters. The van der Waals surface area contributed by atoms with Gasteiger partial charge in [0.25, 0.3) is 0 Å². The average molecular weight is 324 g/mol. The Hall–Kier alpha value is -1.15. The molecule has 0 amide bonds. The average Bonchev–Trinajstić information content (AvgIpc) is 2.37. The van der Waals surface area contributed by atoms with Gasteiger partial charge in [-0.15, -0.1) is 0 Å². The number of anilines is 1. The molecule has 0 aromatic heterocycles. The Morgan fingerprint density at radius 1 is 1.45 bits per heavy atom. The topological polar surface area (TPSA) is 55.1 Å². The summed E-state index contributed by atoms with van der Waals surface area (Å²) in [6.45, 7) is 2.12. The molecular weight excluding hydrogens is 309 g/mol. The van der Waals surface area contributed by atoms with Crippen LogP contribution in [0.25, 0.3) is 0 Å². The number of rotatable bonds is 6. The maximum absolute atomic E-state index is 12.9. The standard InChI is InChI=1S/C12H15F3N2OS2/c1-2-20(18)6-5-17-8-3-4-9(11(16)19)10(7-8)12(13,14)15/h3-4,7,17H,2,5-6H2,1H3,(H2,16,19). The van der Waals surface area contributed by atoms with E-state index in [2.05, 4.69) is 17.5 Å². The van der Waals surface area contributed by atoms with Crippen molar-refractivity contribution in [1.29, 1.82) is 0 Å². The highest BCUT2D eigenvalue weighted by molar-refractivity contribution is 7.84. The van der Waals surface area contributed by atoms with Crippen LogP contribution in [0.1, 0.15) is 18.1 Å². The third-order valence-corrected chi connectivity index (χ3v) is 4.09. The van der Waals surface area contributed by atoms with Gasteiger partial charge in [0, 0.05) is 40.1 Å². The minimum atomic E-state index is -4.53. The van der Waals surface area contributed by atoms with Crippen LogP contribution in [0.15, 0.2) is 18.2 Å². The number of benzene rings is 1. The van der Waals surface area contributed by atoms with Crippen LogP contribution >= 0.6 is 12.2 Å². The molecule has 0 saturated heterocycles. The second kappa shape index (κ2) is 7.03. The molecule has 0 aliphatic heterocycles. The smallest absolute Gasteiger partial charge is 0.389 e. The van der Waals surface area contributed by atoms with Crippen LogP contribution in [0.2, 0.25) is 0 Å². The molecule has 3 nitrogen and oxygen atoms in total. The highest BCUT2D eigenvalue weighted by Gasteiger charge is 2.34. The second-order valence-electron chi connectivity index (χ2n) is 3.98. The van der Waals surface area contributed by atoms with Gasteiger partial charge in [0.1, 0.15) is 4.99 Å². The van der Waals surface area contributed by atoms with Gasteiger partial charge in [0.2, 0.25) is 0 Å². The van der Waals surface area contributed by atoms with Gasteiger partial charge in [-0.05, 0) is 18.2 Å². The maximum Gasteiger partial charge on any atom is 0.417 e. The first-order chi connectivity index (χ1) is 9.25. The third kappa shape index (κ3) is 4.75. The molecule has 1 aromatic carbocycles. The number of hydrogen-bond acceptors (Lipinski definition) is 3. The van der Waals surface area contributed by atoms with E-state index in [0.29, 0.717) is 23.7 Å². The highest BCUT2D eigenvalue weighted by atomic mass is 32.2. The van der Waals surface area contributed by atoms with E-state index in [4.69, 9.17) is 5.73 Å². The SMILES string of the molecule is CCS(=O)CCNc1ccc(C(N)=S)c(C(F)(F)F)c1. The van der Waals surface area contributed by atoms with Crippen LogP contribution < -0.4 is 11.1 Å². The zero-order valence-electron chi connectivity index (χ0n) is 10.8. The van der Waals surface area contributed by atoms with Crippen molar-refractivity contribution in [3.8, 4) is 0 Å². The Morgan fingerprint density at radius 3 is 2.60 bits per heavy atom. The van der Waals surface area contributed by atoms with Crippen LogP contribution in [-0.2, 0) is 17.0 Å². The molecule has 1 aromatic rings. The molecule has 0 heterocycles. The lowest BCUT2D eigenvalue weighted by Crippen LogP contribution is -2.19. The van der Waals surface area contributed by atoms with E-state index < -0.39 is 22.5 Å².